The van der Waals surface area contributed by atoms with Crippen molar-refractivity contribution in [3.8, 4) is 0 Å². The molecule has 2 atom stereocenters. The SMILES string of the molecule is CC(=O)N(C(C)=O)c1ccc(C2(c3ccc(N4C(C)(C)CC4(C)C)cc3)C3=CC=CCC3(C)c3ccccc32)cc1. The van der Waals surface area contributed by atoms with E-state index in [2.05, 4.69) is 118 Å². The number of benzene rings is 3. The molecule has 0 bridgehead atoms. The van der Waals surface area contributed by atoms with Crippen molar-refractivity contribution in [3.05, 3.63) is 119 Å². The summed E-state index contributed by atoms with van der Waals surface area (Å²) in [6, 6.07) is 26.1. The fourth-order valence-electron chi connectivity index (χ4n) is 8.73. The van der Waals surface area contributed by atoms with Gasteiger partial charge in [0.15, 0.2) is 0 Å². The molecular formula is C37H40N2O2. The number of imide groups is 1. The van der Waals surface area contributed by atoms with Crippen molar-refractivity contribution in [3.63, 3.8) is 0 Å². The molecule has 2 amide bonds. The van der Waals surface area contributed by atoms with Crippen molar-refractivity contribution in [2.75, 3.05) is 9.80 Å². The van der Waals surface area contributed by atoms with Gasteiger partial charge >= 0.3 is 0 Å². The lowest BCUT2D eigenvalue weighted by atomic mass is 9.63. The first kappa shape index (κ1) is 27.3. The average Bonchev–Trinajstić information content (AvgIpc) is 3.14. The molecule has 0 radical (unpaired) electrons. The van der Waals surface area contributed by atoms with Gasteiger partial charge in [0.1, 0.15) is 0 Å². The molecular weight excluding hydrogens is 504 g/mol. The molecule has 0 N–H and O–H groups in total. The fraction of sp³-hybridized carbons (Fsp3) is 0.351. The van der Waals surface area contributed by atoms with Crippen LogP contribution in [0.3, 0.4) is 0 Å². The average molecular weight is 545 g/mol. The Bertz CT molecular complexity index is 1580. The van der Waals surface area contributed by atoms with E-state index in [0.717, 1.165) is 18.4 Å². The summed E-state index contributed by atoms with van der Waals surface area (Å²) in [5.41, 5.74) is 7.76. The van der Waals surface area contributed by atoms with Crippen molar-refractivity contribution in [2.45, 2.75) is 83.2 Å². The lowest BCUT2D eigenvalue weighted by Gasteiger charge is -2.62. The second kappa shape index (κ2) is 9.04. The molecule has 210 valence electrons. The van der Waals surface area contributed by atoms with Gasteiger partial charge in [0.2, 0.25) is 11.8 Å². The van der Waals surface area contributed by atoms with Gasteiger partial charge < -0.3 is 4.90 Å². The third-order valence-corrected chi connectivity index (χ3v) is 9.67. The molecule has 2 aliphatic carbocycles. The Kier molecular flexibility index (Phi) is 6.01. The van der Waals surface area contributed by atoms with Gasteiger partial charge in [-0.3, -0.25) is 14.5 Å². The minimum absolute atomic E-state index is 0.118. The van der Waals surface area contributed by atoms with E-state index in [1.165, 1.54) is 46.7 Å². The van der Waals surface area contributed by atoms with Crippen molar-refractivity contribution in [2.24, 2.45) is 0 Å². The van der Waals surface area contributed by atoms with Crippen LogP contribution in [0.15, 0.2) is 96.6 Å². The molecule has 1 aliphatic heterocycles. The molecule has 1 fully saturated rings. The molecule has 3 aliphatic rings. The molecule has 3 aromatic carbocycles. The lowest BCUT2D eigenvalue weighted by Crippen LogP contribution is -2.69. The van der Waals surface area contributed by atoms with E-state index in [1.807, 2.05) is 12.1 Å². The second-order valence-corrected chi connectivity index (χ2v) is 13.4. The van der Waals surface area contributed by atoms with E-state index >= 15 is 0 Å². The highest BCUT2D eigenvalue weighted by Gasteiger charge is 2.56. The molecule has 3 aromatic rings. The topological polar surface area (TPSA) is 40.6 Å². The highest BCUT2D eigenvalue weighted by Crippen LogP contribution is 2.62. The van der Waals surface area contributed by atoms with Gasteiger partial charge in [-0.1, -0.05) is 73.7 Å². The van der Waals surface area contributed by atoms with Gasteiger partial charge in [-0.15, -0.1) is 0 Å². The van der Waals surface area contributed by atoms with Crippen molar-refractivity contribution >= 4 is 23.2 Å². The summed E-state index contributed by atoms with van der Waals surface area (Å²) in [6.45, 7) is 14.5. The zero-order valence-electron chi connectivity index (χ0n) is 25.3. The largest absolute Gasteiger partial charge is 0.361 e. The van der Waals surface area contributed by atoms with Crippen LogP contribution < -0.4 is 9.80 Å². The summed E-state index contributed by atoms with van der Waals surface area (Å²) < 4.78 is 0. The predicted octanol–water partition coefficient (Wildman–Crippen LogP) is 7.85. The monoisotopic (exact) mass is 544 g/mol. The quantitative estimate of drug-likeness (QED) is 0.336. The van der Waals surface area contributed by atoms with Gasteiger partial charge in [-0.25, -0.2) is 0 Å². The van der Waals surface area contributed by atoms with E-state index in [9.17, 15) is 9.59 Å². The number of hydrogen-bond acceptors (Lipinski definition) is 3. The zero-order chi connectivity index (χ0) is 29.4. The first-order chi connectivity index (χ1) is 19.3. The highest BCUT2D eigenvalue weighted by molar-refractivity contribution is 6.13. The molecule has 41 heavy (non-hydrogen) atoms. The van der Waals surface area contributed by atoms with E-state index in [0.29, 0.717) is 5.69 Å². The third-order valence-electron chi connectivity index (χ3n) is 9.67. The van der Waals surface area contributed by atoms with E-state index in [4.69, 9.17) is 0 Å². The minimum atomic E-state index is -0.510. The van der Waals surface area contributed by atoms with Crippen LogP contribution >= 0.6 is 0 Å². The van der Waals surface area contributed by atoms with E-state index in [1.54, 1.807) is 0 Å². The molecule has 0 aromatic heterocycles. The van der Waals surface area contributed by atoms with Crippen LogP contribution in [0.2, 0.25) is 0 Å². The molecule has 4 heteroatoms. The minimum Gasteiger partial charge on any atom is -0.361 e. The van der Waals surface area contributed by atoms with Crippen LogP contribution in [-0.4, -0.2) is 22.9 Å². The van der Waals surface area contributed by atoms with Gasteiger partial charge in [-0.05, 0) is 92.6 Å². The van der Waals surface area contributed by atoms with Gasteiger partial charge in [0, 0.05) is 36.0 Å². The molecule has 1 saturated heterocycles. The van der Waals surface area contributed by atoms with Crippen molar-refractivity contribution < 1.29 is 9.59 Å². The molecule has 2 unspecified atom stereocenters. The first-order valence-electron chi connectivity index (χ1n) is 14.6. The fourth-order valence-corrected chi connectivity index (χ4v) is 8.73. The van der Waals surface area contributed by atoms with Crippen LogP contribution in [0.1, 0.15) is 83.6 Å². The third kappa shape index (κ3) is 3.80. The number of carbonyl (C=O) groups excluding carboxylic acids is 2. The number of fused-ring (bicyclic) bond motifs is 3. The number of hydrogen-bond donors (Lipinski definition) is 0. The van der Waals surface area contributed by atoms with Gasteiger partial charge in [-0.2, -0.15) is 0 Å². The Morgan fingerprint density at radius 1 is 0.732 bits per heavy atom. The number of rotatable bonds is 4. The highest BCUT2D eigenvalue weighted by atomic mass is 16.2. The first-order valence-corrected chi connectivity index (χ1v) is 14.6. The van der Waals surface area contributed by atoms with E-state index < -0.39 is 5.41 Å². The Morgan fingerprint density at radius 3 is 1.80 bits per heavy atom. The van der Waals surface area contributed by atoms with Gasteiger partial charge in [0.05, 0.1) is 11.1 Å². The van der Waals surface area contributed by atoms with Crippen LogP contribution in [0, 0.1) is 0 Å². The predicted molar refractivity (Wildman–Crippen MR) is 167 cm³/mol. The number of anilines is 2. The number of allylic oxidation sites excluding steroid dienone is 4. The number of carbonyl (C=O) groups is 2. The number of nitrogens with zero attached hydrogens (tertiary/aromatic N) is 2. The Balaban J connectivity index is 1.58. The van der Waals surface area contributed by atoms with Gasteiger partial charge in [0.25, 0.3) is 0 Å². The second-order valence-electron chi connectivity index (χ2n) is 13.4. The molecule has 4 nitrogen and oxygen atoms in total. The van der Waals surface area contributed by atoms with E-state index in [-0.39, 0.29) is 28.3 Å². The van der Waals surface area contributed by atoms with Crippen LogP contribution in [0.5, 0.6) is 0 Å². The summed E-state index contributed by atoms with van der Waals surface area (Å²) in [4.78, 5) is 28.4. The molecule has 0 spiro atoms. The van der Waals surface area contributed by atoms with Crippen LogP contribution in [0.4, 0.5) is 11.4 Å². The maximum absolute atomic E-state index is 12.3. The Morgan fingerprint density at radius 2 is 1.27 bits per heavy atom. The maximum atomic E-state index is 12.3. The molecule has 0 saturated carbocycles. The Labute approximate surface area is 244 Å². The zero-order valence-corrected chi connectivity index (χ0v) is 25.3. The number of amides is 2. The smallest absolute Gasteiger partial charge is 0.230 e. The molecule has 6 rings (SSSR count). The lowest BCUT2D eigenvalue weighted by molar-refractivity contribution is -0.124. The standard InChI is InChI=1S/C37H40N2O2/c1-25(40)38(26(2)41)29-19-15-27(16-20-29)37(28-17-21-30(22-18-28)39-34(3,4)24-35(39,5)6)32-13-9-8-12-31(32)36(7)23-11-10-14-33(36)37/h8-22H,23-24H2,1-7H3. The van der Waals surface area contributed by atoms with Crippen molar-refractivity contribution in [1.82, 2.24) is 0 Å². The van der Waals surface area contributed by atoms with Crippen molar-refractivity contribution in [1.29, 1.82) is 0 Å². The molecule has 1 heterocycles. The summed E-state index contributed by atoms with van der Waals surface area (Å²) in [6.07, 6.45) is 8.87. The van der Waals surface area contributed by atoms with Crippen LogP contribution in [-0.2, 0) is 20.4 Å². The summed E-state index contributed by atoms with van der Waals surface area (Å²) in [7, 11) is 0. The summed E-state index contributed by atoms with van der Waals surface area (Å²) in [5, 5.41) is 0. The Hall–Kier alpha value is -3.92. The summed E-state index contributed by atoms with van der Waals surface area (Å²) >= 11 is 0. The van der Waals surface area contributed by atoms with Crippen LogP contribution in [0.25, 0.3) is 0 Å². The normalized spacial score (nSPS) is 25.0. The summed E-state index contributed by atoms with van der Waals surface area (Å²) in [5.74, 6) is -0.572. The maximum Gasteiger partial charge on any atom is 0.230 e.